The van der Waals surface area contributed by atoms with Gasteiger partial charge in [0.15, 0.2) is 0 Å². The maximum Gasteiger partial charge on any atom is 0.253 e. The molecule has 0 atom stereocenters. The van der Waals surface area contributed by atoms with Crippen molar-refractivity contribution in [3.8, 4) is 0 Å². The lowest BCUT2D eigenvalue weighted by molar-refractivity contribution is 0.242. The summed E-state index contributed by atoms with van der Waals surface area (Å²) in [4.78, 5) is 7.97. The lowest BCUT2D eigenvalue weighted by Gasteiger charge is -1.81. The van der Waals surface area contributed by atoms with E-state index >= 15 is 0 Å². The molecule has 0 saturated carbocycles. The topological polar surface area (TPSA) is 29.5 Å². The Morgan fingerprint density at radius 2 is 2.60 bits per heavy atom. The Kier molecular flexibility index (Phi) is 4.25. The Labute approximate surface area is 33.7 Å². The van der Waals surface area contributed by atoms with Gasteiger partial charge in [-0.1, -0.05) is 0 Å². The maximum atomic E-state index is 7.97. The van der Waals surface area contributed by atoms with Crippen LogP contribution in [-0.4, -0.2) is 27.9 Å². The van der Waals surface area contributed by atoms with E-state index in [1.165, 1.54) is 0 Å². The van der Waals surface area contributed by atoms with Crippen molar-refractivity contribution in [2.75, 3.05) is 13.3 Å². The van der Waals surface area contributed by atoms with Gasteiger partial charge in [-0.25, -0.2) is 0 Å². The number of hydrogen-bond donors (Lipinski definition) is 1. The van der Waals surface area contributed by atoms with Crippen LogP contribution in [0.5, 0.6) is 0 Å². The first-order chi connectivity index (χ1) is 2.41. The van der Waals surface area contributed by atoms with Crippen molar-refractivity contribution in [2.24, 2.45) is 0 Å². The highest BCUT2D eigenvalue weighted by atomic mass is 28.2. The lowest BCUT2D eigenvalue weighted by atomic mass is 11.5. The van der Waals surface area contributed by atoms with Crippen LogP contribution >= 0.6 is 0 Å². The summed E-state index contributed by atoms with van der Waals surface area (Å²) < 4.78 is 4.45. The molecule has 0 aliphatic carbocycles. The van der Waals surface area contributed by atoms with Gasteiger partial charge in [0.05, 0.1) is 6.23 Å². The molecular formula is C2H6O2Si. The van der Waals surface area contributed by atoms with Crippen LogP contribution < -0.4 is 0 Å². The molecule has 0 amide bonds. The molecule has 3 heteroatoms. The van der Waals surface area contributed by atoms with Gasteiger partial charge in [-0.05, 0) is 0 Å². The van der Waals surface area contributed by atoms with Gasteiger partial charge in [-0.15, -0.1) is 0 Å². The van der Waals surface area contributed by atoms with Crippen LogP contribution in [0.25, 0.3) is 0 Å². The van der Waals surface area contributed by atoms with Gasteiger partial charge in [0.1, 0.15) is 0 Å². The molecule has 5 heavy (non-hydrogen) atoms. The van der Waals surface area contributed by atoms with Crippen LogP contribution in [-0.2, 0) is 4.74 Å². The molecule has 0 saturated heterocycles. The molecule has 0 heterocycles. The molecule has 0 spiro atoms. The summed E-state index contributed by atoms with van der Waals surface area (Å²) in [7, 11) is 1.49. The second kappa shape index (κ2) is 4.14. The second-order valence-electron chi connectivity index (χ2n) is 0.591. The largest absolute Gasteiger partial charge is 0.430 e. The van der Waals surface area contributed by atoms with E-state index in [1.54, 1.807) is 7.11 Å². The van der Waals surface area contributed by atoms with E-state index in [0.717, 1.165) is 0 Å². The first-order valence-corrected chi connectivity index (χ1v) is 2.43. The fraction of sp³-hybridized carbons (Fsp3) is 1.00. The molecule has 0 aromatic rings. The predicted octanol–water partition coefficient (Wildman–Crippen LogP) is -0.798. The summed E-state index contributed by atoms with van der Waals surface area (Å²) in [6.07, 6.45) is 0.472. The van der Waals surface area contributed by atoms with Crippen molar-refractivity contribution in [2.45, 2.75) is 0 Å². The second-order valence-corrected chi connectivity index (χ2v) is 1.20. The molecule has 0 rings (SSSR count). The SMILES string of the molecule is COC[Si]O. The number of ether oxygens (including phenoxy) is 1. The molecular weight excluding hydrogens is 84.1 g/mol. The maximum absolute atomic E-state index is 7.97. The fourth-order valence-electron chi connectivity index (χ4n) is 0.0645. The van der Waals surface area contributed by atoms with Crippen molar-refractivity contribution in [1.29, 1.82) is 0 Å². The van der Waals surface area contributed by atoms with E-state index in [9.17, 15) is 0 Å². The van der Waals surface area contributed by atoms with Crippen molar-refractivity contribution in [1.82, 2.24) is 0 Å². The fourth-order valence-corrected chi connectivity index (χ4v) is 0.194. The van der Waals surface area contributed by atoms with Crippen molar-refractivity contribution in [3.63, 3.8) is 0 Å². The first kappa shape index (κ1) is 5.14. The molecule has 0 aromatic carbocycles. The lowest BCUT2D eigenvalue weighted by Crippen LogP contribution is -1.97. The average Bonchev–Trinajstić information content (AvgIpc) is 1.41. The average molecular weight is 90.2 g/mol. The van der Waals surface area contributed by atoms with E-state index in [-0.39, 0.29) is 9.76 Å². The summed E-state index contributed by atoms with van der Waals surface area (Å²) in [5, 5.41) is 0. The van der Waals surface area contributed by atoms with Crippen LogP contribution in [0.3, 0.4) is 0 Å². The van der Waals surface area contributed by atoms with Crippen molar-refractivity contribution < 1.29 is 9.53 Å². The molecule has 0 aromatic heterocycles. The molecule has 2 radical (unpaired) electrons. The van der Waals surface area contributed by atoms with Gasteiger partial charge >= 0.3 is 0 Å². The summed E-state index contributed by atoms with van der Waals surface area (Å²) >= 11 is 0. The highest BCUT2D eigenvalue weighted by Gasteiger charge is 1.72. The number of methoxy groups -OCH3 is 1. The van der Waals surface area contributed by atoms with Crippen LogP contribution in [0.15, 0.2) is 0 Å². The summed E-state index contributed by atoms with van der Waals surface area (Å²) in [6, 6.07) is 0. The van der Waals surface area contributed by atoms with E-state index in [1.807, 2.05) is 0 Å². The zero-order chi connectivity index (χ0) is 4.12. The minimum atomic E-state index is -0.0644. The molecule has 0 fully saturated rings. The number of hydrogen-bond acceptors (Lipinski definition) is 2. The van der Waals surface area contributed by atoms with Crippen LogP contribution in [0, 0.1) is 0 Å². The van der Waals surface area contributed by atoms with Crippen LogP contribution in [0.4, 0.5) is 0 Å². The van der Waals surface area contributed by atoms with E-state index in [0.29, 0.717) is 6.23 Å². The normalized spacial score (nSPS) is 8.40. The minimum absolute atomic E-state index is 0.0644. The summed E-state index contributed by atoms with van der Waals surface area (Å²) in [6.45, 7) is 0. The van der Waals surface area contributed by atoms with E-state index in [4.69, 9.17) is 4.80 Å². The Hall–Kier alpha value is 0.137. The molecule has 30 valence electrons. The molecule has 0 unspecified atom stereocenters. The third kappa shape index (κ3) is 4.14. The third-order valence-corrected chi connectivity index (χ3v) is 0.627. The van der Waals surface area contributed by atoms with Gasteiger partial charge in [0.2, 0.25) is 0 Å². The standard InChI is InChI=1S/C2H6O2Si/c1-4-2-5-3/h3H,2H2,1H3. The van der Waals surface area contributed by atoms with Crippen molar-refractivity contribution >= 4 is 9.76 Å². The van der Waals surface area contributed by atoms with Gasteiger partial charge in [-0.2, -0.15) is 0 Å². The Morgan fingerprint density at radius 1 is 2.00 bits per heavy atom. The highest BCUT2D eigenvalue weighted by Crippen LogP contribution is 1.53. The number of rotatable bonds is 2. The monoisotopic (exact) mass is 90.0 g/mol. The Morgan fingerprint density at radius 3 is 2.60 bits per heavy atom. The predicted molar refractivity (Wildman–Crippen MR) is 19.8 cm³/mol. The summed E-state index contributed by atoms with van der Waals surface area (Å²) in [5.41, 5.74) is 0. The zero-order valence-electron chi connectivity index (χ0n) is 3.06. The first-order valence-electron chi connectivity index (χ1n) is 1.27. The molecule has 1 N–H and O–H groups in total. The van der Waals surface area contributed by atoms with Gasteiger partial charge in [-0.3, -0.25) is 0 Å². The molecule has 2 nitrogen and oxygen atoms in total. The minimum Gasteiger partial charge on any atom is -0.430 e. The third-order valence-electron chi connectivity index (χ3n) is 0.209. The molecule has 0 bridgehead atoms. The molecule has 0 aliphatic rings. The summed E-state index contributed by atoms with van der Waals surface area (Å²) in [5.74, 6) is 0. The van der Waals surface area contributed by atoms with Crippen LogP contribution in [0.1, 0.15) is 0 Å². The van der Waals surface area contributed by atoms with Crippen LogP contribution in [0.2, 0.25) is 0 Å². The molecule has 0 aliphatic heterocycles. The van der Waals surface area contributed by atoms with Gasteiger partial charge in [0.25, 0.3) is 9.76 Å². The quantitative estimate of drug-likeness (QED) is 0.450. The Bertz CT molecular complexity index is 15.1. The Balaban J connectivity index is 2.19. The highest BCUT2D eigenvalue weighted by molar-refractivity contribution is 6.24. The smallest absolute Gasteiger partial charge is 0.253 e. The van der Waals surface area contributed by atoms with E-state index < -0.39 is 0 Å². The van der Waals surface area contributed by atoms with Crippen molar-refractivity contribution in [3.05, 3.63) is 0 Å². The van der Waals surface area contributed by atoms with Gasteiger partial charge in [0, 0.05) is 7.11 Å². The van der Waals surface area contributed by atoms with Gasteiger partial charge < -0.3 is 9.53 Å². The van der Waals surface area contributed by atoms with E-state index in [2.05, 4.69) is 4.74 Å². The zero-order valence-corrected chi connectivity index (χ0v) is 4.06.